The first-order valence-electron chi connectivity index (χ1n) is 5.61. The van der Waals surface area contributed by atoms with E-state index in [2.05, 4.69) is 20.6 Å². The van der Waals surface area contributed by atoms with E-state index in [-0.39, 0.29) is 17.8 Å². The van der Waals surface area contributed by atoms with Gasteiger partial charge in [-0.05, 0) is 19.1 Å². The molecule has 2 aliphatic rings. The van der Waals surface area contributed by atoms with E-state index in [1.54, 1.807) is 0 Å². The van der Waals surface area contributed by atoms with Crippen LogP contribution in [-0.4, -0.2) is 35.1 Å². The highest BCUT2D eigenvalue weighted by molar-refractivity contribution is 7.98. The summed E-state index contributed by atoms with van der Waals surface area (Å²) in [6.07, 6.45) is 3.81. The van der Waals surface area contributed by atoms with Gasteiger partial charge in [0.2, 0.25) is 0 Å². The maximum atomic E-state index is 11.9. The van der Waals surface area contributed by atoms with E-state index in [1.165, 1.54) is 11.8 Å². The summed E-state index contributed by atoms with van der Waals surface area (Å²) in [5.74, 6) is 0.584. The molecule has 3 heterocycles. The molecule has 92 valence electrons. The van der Waals surface area contributed by atoms with Crippen molar-refractivity contribution in [2.24, 2.45) is 0 Å². The van der Waals surface area contributed by atoms with Gasteiger partial charge in [-0.25, -0.2) is 4.98 Å². The quantitative estimate of drug-likeness (QED) is 0.509. The maximum Gasteiger partial charge on any atom is 0.277 e. The third-order valence-electron chi connectivity index (χ3n) is 3.02. The van der Waals surface area contributed by atoms with Gasteiger partial charge in [0, 0.05) is 6.61 Å². The van der Waals surface area contributed by atoms with Crippen molar-refractivity contribution < 1.29 is 4.74 Å². The normalized spacial score (nSPS) is 26.4. The van der Waals surface area contributed by atoms with Crippen LogP contribution >= 0.6 is 11.8 Å². The number of anilines is 2. The van der Waals surface area contributed by atoms with Crippen molar-refractivity contribution >= 4 is 23.3 Å². The van der Waals surface area contributed by atoms with Gasteiger partial charge in [-0.15, -0.1) is 0 Å². The number of aromatic nitrogens is 2. The molecular weight excluding hydrogens is 240 g/mol. The number of ether oxygens (including phenoxy) is 1. The molecule has 0 amide bonds. The van der Waals surface area contributed by atoms with Crippen LogP contribution in [0.2, 0.25) is 0 Å². The molecule has 2 atom stereocenters. The molecule has 0 aliphatic carbocycles. The van der Waals surface area contributed by atoms with Crippen LogP contribution in [0, 0.1) is 0 Å². The minimum Gasteiger partial charge on any atom is -0.370 e. The van der Waals surface area contributed by atoms with Crippen LogP contribution in [0.15, 0.2) is 9.95 Å². The molecule has 0 bridgehead atoms. The summed E-state index contributed by atoms with van der Waals surface area (Å²) in [6, 6.07) is 0.152. The molecule has 0 spiro atoms. The predicted octanol–water partition coefficient (Wildman–Crippen LogP) is 0.834. The molecule has 1 aromatic heterocycles. The molecule has 2 aliphatic heterocycles. The summed E-state index contributed by atoms with van der Waals surface area (Å²) < 4.78 is 5.62. The Bertz CT molecular complexity index is 490. The van der Waals surface area contributed by atoms with E-state index in [4.69, 9.17) is 4.74 Å². The monoisotopic (exact) mass is 254 g/mol. The Balaban J connectivity index is 1.99. The minimum absolute atomic E-state index is 0.0831. The summed E-state index contributed by atoms with van der Waals surface area (Å²) in [6.45, 7) is 0.754. The van der Waals surface area contributed by atoms with E-state index in [0.717, 1.165) is 19.4 Å². The number of fused-ring (bicyclic) bond motifs is 2. The lowest BCUT2D eigenvalue weighted by molar-refractivity contribution is 0.0229. The number of hydrogen-bond donors (Lipinski definition) is 3. The second-order valence-electron chi connectivity index (χ2n) is 4.13. The molecule has 0 radical (unpaired) electrons. The minimum atomic E-state index is -0.129. The SMILES string of the molecule is CSc1nc2c(c(=O)[nH]1)NC1CCCOC1N2. The lowest BCUT2D eigenvalue weighted by Gasteiger charge is -2.37. The van der Waals surface area contributed by atoms with Crippen molar-refractivity contribution in [1.82, 2.24) is 9.97 Å². The molecular formula is C10H14N4O2S. The third kappa shape index (κ3) is 1.89. The molecule has 1 fully saturated rings. The van der Waals surface area contributed by atoms with Crippen LogP contribution in [0.1, 0.15) is 12.8 Å². The van der Waals surface area contributed by atoms with E-state index in [9.17, 15) is 4.79 Å². The van der Waals surface area contributed by atoms with E-state index >= 15 is 0 Å². The highest BCUT2D eigenvalue weighted by atomic mass is 32.2. The molecule has 1 aromatic rings. The lowest BCUT2D eigenvalue weighted by atomic mass is 10.1. The molecule has 7 heteroatoms. The summed E-state index contributed by atoms with van der Waals surface area (Å²) in [7, 11) is 0. The highest BCUT2D eigenvalue weighted by Crippen LogP contribution is 2.28. The zero-order valence-corrected chi connectivity index (χ0v) is 10.3. The van der Waals surface area contributed by atoms with Crippen LogP contribution in [0.25, 0.3) is 0 Å². The van der Waals surface area contributed by atoms with Crippen molar-refractivity contribution in [3.05, 3.63) is 10.4 Å². The number of rotatable bonds is 1. The van der Waals surface area contributed by atoms with Gasteiger partial charge in [-0.3, -0.25) is 9.78 Å². The molecule has 1 saturated heterocycles. The molecule has 6 nitrogen and oxygen atoms in total. The Morgan fingerprint density at radius 3 is 3.18 bits per heavy atom. The van der Waals surface area contributed by atoms with Gasteiger partial charge in [0.1, 0.15) is 11.9 Å². The predicted molar refractivity (Wildman–Crippen MR) is 66.6 cm³/mol. The van der Waals surface area contributed by atoms with Gasteiger partial charge >= 0.3 is 0 Å². The van der Waals surface area contributed by atoms with Gasteiger partial charge in [0.25, 0.3) is 5.56 Å². The fourth-order valence-corrected chi connectivity index (χ4v) is 2.56. The summed E-state index contributed by atoms with van der Waals surface area (Å²) in [4.78, 5) is 18.9. The van der Waals surface area contributed by atoms with Crippen LogP contribution in [0.5, 0.6) is 0 Å². The van der Waals surface area contributed by atoms with Crippen molar-refractivity contribution in [2.45, 2.75) is 30.3 Å². The number of nitrogens with zero attached hydrogens (tertiary/aromatic N) is 1. The Morgan fingerprint density at radius 1 is 1.47 bits per heavy atom. The van der Waals surface area contributed by atoms with Gasteiger partial charge in [0.15, 0.2) is 11.0 Å². The standard InChI is InChI=1S/C10H14N4O2S/c1-17-10-13-7-6(8(15)14-10)11-5-3-2-4-16-9(5)12-7/h5,9,11H,2-4H2,1H3,(H2,12,13,14,15). The molecule has 17 heavy (non-hydrogen) atoms. The van der Waals surface area contributed by atoms with E-state index in [1.807, 2.05) is 6.26 Å². The lowest BCUT2D eigenvalue weighted by Crippen LogP contribution is -2.49. The Morgan fingerprint density at radius 2 is 2.35 bits per heavy atom. The summed E-state index contributed by atoms with van der Waals surface area (Å²) in [5.41, 5.74) is 0.394. The van der Waals surface area contributed by atoms with Crippen LogP contribution < -0.4 is 16.2 Å². The van der Waals surface area contributed by atoms with Gasteiger partial charge < -0.3 is 15.4 Å². The fraction of sp³-hybridized carbons (Fsp3) is 0.600. The van der Waals surface area contributed by atoms with Crippen LogP contribution in [-0.2, 0) is 4.74 Å². The number of nitrogens with one attached hydrogen (secondary N) is 3. The highest BCUT2D eigenvalue weighted by Gasteiger charge is 2.32. The number of aromatic amines is 1. The summed E-state index contributed by atoms with van der Waals surface area (Å²) >= 11 is 1.41. The third-order valence-corrected chi connectivity index (χ3v) is 3.60. The second-order valence-corrected chi connectivity index (χ2v) is 4.92. The van der Waals surface area contributed by atoms with Crippen LogP contribution in [0.4, 0.5) is 11.5 Å². The fourth-order valence-electron chi connectivity index (χ4n) is 2.18. The average Bonchev–Trinajstić information content (AvgIpc) is 2.36. The summed E-state index contributed by atoms with van der Waals surface area (Å²) in [5, 5.41) is 7.01. The first-order valence-corrected chi connectivity index (χ1v) is 6.83. The largest absolute Gasteiger partial charge is 0.370 e. The zero-order chi connectivity index (χ0) is 11.8. The number of hydrogen-bond acceptors (Lipinski definition) is 6. The first-order chi connectivity index (χ1) is 8.28. The average molecular weight is 254 g/mol. The van der Waals surface area contributed by atoms with E-state index < -0.39 is 0 Å². The smallest absolute Gasteiger partial charge is 0.277 e. The van der Waals surface area contributed by atoms with Crippen molar-refractivity contribution in [3.63, 3.8) is 0 Å². The molecule has 0 aromatic carbocycles. The van der Waals surface area contributed by atoms with Gasteiger partial charge in [0.05, 0.1) is 6.04 Å². The van der Waals surface area contributed by atoms with Crippen LogP contribution in [0.3, 0.4) is 0 Å². The molecule has 2 unspecified atom stereocenters. The first kappa shape index (κ1) is 10.9. The zero-order valence-electron chi connectivity index (χ0n) is 9.45. The Hall–Kier alpha value is -1.21. The Kier molecular flexibility index (Phi) is 2.71. The van der Waals surface area contributed by atoms with Crippen molar-refractivity contribution in [2.75, 3.05) is 23.5 Å². The topological polar surface area (TPSA) is 79.0 Å². The Labute approximate surface area is 103 Å². The van der Waals surface area contributed by atoms with Gasteiger partial charge in [-0.1, -0.05) is 11.8 Å². The molecule has 3 N–H and O–H groups in total. The maximum absolute atomic E-state index is 11.9. The number of H-pyrrole nitrogens is 1. The molecule has 0 saturated carbocycles. The number of thioether (sulfide) groups is 1. The molecule has 3 rings (SSSR count). The van der Waals surface area contributed by atoms with Gasteiger partial charge in [-0.2, -0.15) is 0 Å². The van der Waals surface area contributed by atoms with E-state index in [0.29, 0.717) is 16.7 Å². The second kappa shape index (κ2) is 4.23. The van der Waals surface area contributed by atoms with Crippen molar-refractivity contribution in [1.29, 1.82) is 0 Å². The van der Waals surface area contributed by atoms with Crippen molar-refractivity contribution in [3.8, 4) is 0 Å².